The molecule has 9 nitrogen and oxygen atoms in total. The Bertz CT molecular complexity index is 1750. The van der Waals surface area contributed by atoms with Crippen molar-refractivity contribution in [3.63, 3.8) is 0 Å². The van der Waals surface area contributed by atoms with Crippen molar-refractivity contribution in [1.82, 2.24) is 20.2 Å². The van der Waals surface area contributed by atoms with Crippen LogP contribution in [0.1, 0.15) is 60.7 Å². The number of hydrogen-bond acceptors (Lipinski definition) is 6. The molecule has 0 aliphatic carbocycles. The lowest BCUT2D eigenvalue weighted by Crippen LogP contribution is -2.37. The van der Waals surface area contributed by atoms with Crippen LogP contribution in [-0.2, 0) is 23.8 Å². The lowest BCUT2D eigenvalue weighted by molar-refractivity contribution is -0.125. The molecule has 1 saturated heterocycles. The minimum Gasteiger partial charge on any atom is -0.352 e. The molecular weight excluding hydrogens is 564 g/mol. The van der Waals surface area contributed by atoms with E-state index in [0.717, 1.165) is 48.2 Å². The number of nitrogens with zero attached hydrogens (tertiary/aromatic N) is 2. The highest BCUT2D eigenvalue weighted by atomic mass is 16.2. The Kier molecular flexibility index (Phi) is 9.48. The van der Waals surface area contributed by atoms with E-state index in [1.54, 1.807) is 13.2 Å². The molecule has 0 atom stereocenters. The van der Waals surface area contributed by atoms with Crippen LogP contribution in [0.15, 0.2) is 77.7 Å². The second-order valence-corrected chi connectivity index (χ2v) is 12.7. The van der Waals surface area contributed by atoms with Gasteiger partial charge in [0.15, 0.2) is 5.82 Å². The normalized spacial score (nSPS) is 13.7. The molecule has 45 heavy (non-hydrogen) atoms. The monoisotopic (exact) mass is 606 g/mol. The fourth-order valence-electron chi connectivity index (χ4n) is 5.50. The second-order valence-electron chi connectivity index (χ2n) is 12.7. The van der Waals surface area contributed by atoms with Crippen LogP contribution in [0, 0.1) is 12.8 Å². The molecule has 0 spiro atoms. The van der Waals surface area contributed by atoms with E-state index in [1.807, 2.05) is 73.7 Å². The Labute approximate surface area is 264 Å². The van der Waals surface area contributed by atoms with Crippen molar-refractivity contribution in [2.75, 3.05) is 23.7 Å². The summed E-state index contributed by atoms with van der Waals surface area (Å²) in [6, 6.07) is 20.9. The van der Waals surface area contributed by atoms with E-state index in [2.05, 4.69) is 42.0 Å². The number of aromatic nitrogens is 2. The van der Waals surface area contributed by atoms with Gasteiger partial charge in [-0.3, -0.25) is 14.4 Å². The number of rotatable bonds is 8. The summed E-state index contributed by atoms with van der Waals surface area (Å²) in [4.78, 5) is 43.5. The molecule has 0 saturated carbocycles. The summed E-state index contributed by atoms with van der Waals surface area (Å²) in [5, 5.41) is 12.6. The summed E-state index contributed by atoms with van der Waals surface area (Å²) < 4.78 is 1.50. The van der Waals surface area contributed by atoms with Crippen LogP contribution >= 0.6 is 0 Å². The Morgan fingerprint density at radius 3 is 2.42 bits per heavy atom. The number of amides is 2. The first-order valence-electron chi connectivity index (χ1n) is 15.4. The highest BCUT2D eigenvalue weighted by molar-refractivity contribution is 6.05. The average Bonchev–Trinajstić information content (AvgIpc) is 3.03. The molecule has 234 valence electrons. The van der Waals surface area contributed by atoms with Crippen LogP contribution < -0.4 is 26.8 Å². The first-order valence-corrected chi connectivity index (χ1v) is 15.4. The fraction of sp³-hybridized carbons (Fsp3) is 0.333. The maximum atomic E-state index is 13.1. The van der Waals surface area contributed by atoms with Gasteiger partial charge in [0.1, 0.15) is 0 Å². The maximum absolute atomic E-state index is 13.1. The Balaban J connectivity index is 1.32. The number of benzene rings is 3. The predicted molar refractivity (Wildman–Crippen MR) is 180 cm³/mol. The number of nitrogens with one attached hydrogen (secondary N) is 4. The van der Waals surface area contributed by atoms with Crippen molar-refractivity contribution in [2.45, 2.75) is 52.5 Å². The third kappa shape index (κ3) is 7.67. The maximum Gasteiger partial charge on any atom is 0.293 e. The Hall–Kier alpha value is -4.76. The van der Waals surface area contributed by atoms with Crippen molar-refractivity contribution in [2.24, 2.45) is 13.0 Å². The highest BCUT2D eigenvalue weighted by Crippen LogP contribution is 2.29. The molecule has 0 unspecified atom stereocenters. The van der Waals surface area contributed by atoms with Gasteiger partial charge in [-0.2, -0.15) is 0 Å². The molecule has 0 radical (unpaired) electrons. The molecule has 3 aromatic carbocycles. The van der Waals surface area contributed by atoms with Crippen molar-refractivity contribution in [3.8, 4) is 11.3 Å². The fourth-order valence-corrected chi connectivity index (χ4v) is 5.50. The summed E-state index contributed by atoms with van der Waals surface area (Å²) in [6.45, 7) is 10.5. The second kappa shape index (κ2) is 13.5. The molecule has 2 amide bonds. The van der Waals surface area contributed by atoms with E-state index in [1.165, 1.54) is 4.57 Å². The van der Waals surface area contributed by atoms with Crippen LogP contribution in [0.2, 0.25) is 0 Å². The number of aryl methyl sites for hydroxylation is 1. The summed E-state index contributed by atoms with van der Waals surface area (Å²) in [7, 11) is 1.69. The largest absolute Gasteiger partial charge is 0.352 e. The summed E-state index contributed by atoms with van der Waals surface area (Å²) in [5.74, 6) is 0.0973. The van der Waals surface area contributed by atoms with Crippen molar-refractivity contribution >= 4 is 29.0 Å². The SMILES string of the molecule is Cc1c(NC(=O)c2ccc(C(C)(C)C)cc2)cccc1-c1cn(C)c(=O)c(Nc2cccc(CNC(=O)C3CCNCC3)c2)n1. The zero-order valence-electron chi connectivity index (χ0n) is 26.7. The van der Waals surface area contributed by atoms with Crippen LogP contribution in [0.25, 0.3) is 11.3 Å². The van der Waals surface area contributed by atoms with Gasteiger partial charge in [-0.15, -0.1) is 0 Å². The molecule has 5 rings (SSSR count). The van der Waals surface area contributed by atoms with Gasteiger partial charge < -0.3 is 25.8 Å². The lowest BCUT2D eigenvalue weighted by atomic mass is 9.86. The Morgan fingerprint density at radius 1 is 1.00 bits per heavy atom. The number of piperidine rings is 1. The van der Waals surface area contributed by atoms with E-state index in [4.69, 9.17) is 4.98 Å². The molecule has 1 aliphatic heterocycles. The van der Waals surface area contributed by atoms with Crippen molar-refractivity contribution in [3.05, 3.63) is 106 Å². The lowest BCUT2D eigenvalue weighted by Gasteiger charge is -2.21. The van der Waals surface area contributed by atoms with Gasteiger partial charge in [0.25, 0.3) is 11.5 Å². The van der Waals surface area contributed by atoms with E-state index in [9.17, 15) is 14.4 Å². The van der Waals surface area contributed by atoms with E-state index in [0.29, 0.717) is 29.2 Å². The molecular formula is C36H42N6O3. The molecule has 4 aromatic rings. The van der Waals surface area contributed by atoms with Gasteiger partial charge in [-0.25, -0.2) is 4.98 Å². The molecule has 2 heterocycles. The van der Waals surface area contributed by atoms with E-state index < -0.39 is 0 Å². The third-order valence-electron chi connectivity index (χ3n) is 8.31. The standard InChI is InChI=1S/C36H42N6O3/c1-23-29(10-7-11-30(23)41-34(44)25-12-14-27(15-13-25)36(2,3)4)31-22-42(5)35(45)32(40-31)39-28-9-6-8-24(20-28)21-38-33(43)26-16-18-37-19-17-26/h6-15,20,22,26,37H,16-19,21H2,1-5H3,(H,38,43)(H,39,40)(H,41,44). The van der Waals surface area contributed by atoms with Crippen molar-refractivity contribution < 1.29 is 9.59 Å². The number of anilines is 3. The smallest absolute Gasteiger partial charge is 0.293 e. The number of hydrogen-bond donors (Lipinski definition) is 4. The first-order chi connectivity index (χ1) is 21.5. The molecule has 1 aromatic heterocycles. The summed E-state index contributed by atoms with van der Waals surface area (Å²) in [6.07, 6.45) is 3.39. The van der Waals surface area contributed by atoms with Gasteiger partial charge in [-0.05, 0) is 85.3 Å². The van der Waals surface area contributed by atoms with Gasteiger partial charge in [-0.1, -0.05) is 57.2 Å². The quantitative estimate of drug-likeness (QED) is 0.206. The van der Waals surface area contributed by atoms with Crippen molar-refractivity contribution in [1.29, 1.82) is 0 Å². The van der Waals surface area contributed by atoms with Crippen LogP contribution in [-0.4, -0.2) is 34.5 Å². The van der Waals surface area contributed by atoms with E-state index >= 15 is 0 Å². The van der Waals surface area contributed by atoms with Gasteiger partial charge >= 0.3 is 0 Å². The highest BCUT2D eigenvalue weighted by Gasteiger charge is 2.21. The molecule has 1 fully saturated rings. The number of carbonyl (C=O) groups excluding carboxylic acids is 2. The average molecular weight is 607 g/mol. The minimum atomic E-state index is -0.274. The van der Waals surface area contributed by atoms with Crippen LogP contribution in [0.5, 0.6) is 0 Å². The third-order valence-corrected chi connectivity index (χ3v) is 8.31. The van der Waals surface area contributed by atoms with Gasteiger partial charge in [0.2, 0.25) is 5.91 Å². The zero-order chi connectivity index (χ0) is 32.1. The Morgan fingerprint density at radius 2 is 1.71 bits per heavy atom. The molecule has 0 bridgehead atoms. The number of carbonyl (C=O) groups is 2. The zero-order valence-corrected chi connectivity index (χ0v) is 26.7. The van der Waals surface area contributed by atoms with Gasteiger partial charge in [0, 0.05) is 48.2 Å². The topological polar surface area (TPSA) is 117 Å². The van der Waals surface area contributed by atoms with Crippen LogP contribution in [0.4, 0.5) is 17.2 Å². The first kappa shape index (κ1) is 31.7. The van der Waals surface area contributed by atoms with Gasteiger partial charge in [0.05, 0.1) is 5.69 Å². The molecule has 1 aliphatic rings. The molecule has 9 heteroatoms. The predicted octanol–water partition coefficient (Wildman–Crippen LogP) is 5.66. The minimum absolute atomic E-state index is 0.00323. The summed E-state index contributed by atoms with van der Waals surface area (Å²) >= 11 is 0. The molecule has 4 N–H and O–H groups in total. The van der Waals surface area contributed by atoms with E-state index in [-0.39, 0.29) is 34.5 Å². The van der Waals surface area contributed by atoms with Crippen LogP contribution in [0.3, 0.4) is 0 Å². The summed E-state index contributed by atoms with van der Waals surface area (Å²) in [5.41, 5.74) is 5.97.